The van der Waals surface area contributed by atoms with Gasteiger partial charge in [0.05, 0.1) is 6.61 Å². The van der Waals surface area contributed by atoms with Crippen LogP contribution >= 0.6 is 0 Å². The van der Waals surface area contributed by atoms with Gasteiger partial charge >= 0.3 is 0 Å². The summed E-state index contributed by atoms with van der Waals surface area (Å²) in [4.78, 5) is 2.56. The Labute approximate surface area is 100 Å². The number of rotatable bonds is 8. The molecule has 2 atom stereocenters. The predicted molar refractivity (Wildman–Crippen MR) is 68.5 cm³/mol. The van der Waals surface area contributed by atoms with Gasteiger partial charge in [0.1, 0.15) is 0 Å². The summed E-state index contributed by atoms with van der Waals surface area (Å²) in [6.07, 6.45) is 3.85. The molecule has 2 N–H and O–H groups in total. The molecule has 0 aromatic carbocycles. The first-order valence-electron chi connectivity index (χ1n) is 6.55. The topological polar surface area (TPSA) is 38.5 Å². The van der Waals surface area contributed by atoms with Gasteiger partial charge in [-0.1, -0.05) is 6.92 Å². The molecule has 96 valence electrons. The van der Waals surface area contributed by atoms with E-state index in [2.05, 4.69) is 25.7 Å². The van der Waals surface area contributed by atoms with Gasteiger partial charge in [-0.05, 0) is 39.0 Å². The minimum atomic E-state index is 0.175. The van der Waals surface area contributed by atoms with E-state index in [1.165, 1.54) is 19.3 Å². The monoisotopic (exact) mass is 228 g/mol. The van der Waals surface area contributed by atoms with Gasteiger partial charge in [0.25, 0.3) is 0 Å². The van der Waals surface area contributed by atoms with Crippen molar-refractivity contribution in [2.45, 2.75) is 51.6 Å². The Hall–Kier alpha value is -0.120. The molecule has 0 radical (unpaired) electrons. The number of hydrogen-bond acceptors (Lipinski definition) is 3. The van der Waals surface area contributed by atoms with E-state index in [0.717, 1.165) is 25.6 Å². The van der Waals surface area contributed by atoms with Gasteiger partial charge in [-0.2, -0.15) is 0 Å². The standard InChI is InChI=1S/C13H28N2O/c1-5-11(2)15(8-9-16-4)13(3,10-14)12-6-7-12/h11-12H,5-10,14H2,1-4H3. The Morgan fingerprint density at radius 2 is 2.12 bits per heavy atom. The molecule has 1 saturated carbocycles. The second-order valence-corrected chi connectivity index (χ2v) is 5.28. The van der Waals surface area contributed by atoms with Crippen molar-refractivity contribution in [3.8, 4) is 0 Å². The Morgan fingerprint density at radius 3 is 2.50 bits per heavy atom. The molecule has 0 heterocycles. The summed E-state index contributed by atoms with van der Waals surface area (Å²) >= 11 is 0. The highest BCUT2D eigenvalue weighted by Gasteiger charge is 2.45. The molecule has 0 amide bonds. The minimum absolute atomic E-state index is 0.175. The van der Waals surface area contributed by atoms with Crippen LogP contribution in [0, 0.1) is 5.92 Å². The molecule has 0 aromatic heterocycles. The largest absolute Gasteiger partial charge is 0.383 e. The lowest BCUT2D eigenvalue weighted by atomic mass is 9.91. The van der Waals surface area contributed by atoms with Crippen LogP contribution < -0.4 is 5.73 Å². The molecule has 2 unspecified atom stereocenters. The first-order valence-corrected chi connectivity index (χ1v) is 6.55. The Morgan fingerprint density at radius 1 is 1.50 bits per heavy atom. The number of hydrogen-bond donors (Lipinski definition) is 1. The van der Waals surface area contributed by atoms with Gasteiger partial charge in [0.2, 0.25) is 0 Å². The molecule has 1 fully saturated rings. The van der Waals surface area contributed by atoms with E-state index in [-0.39, 0.29) is 5.54 Å². The zero-order valence-electron chi connectivity index (χ0n) is 11.3. The van der Waals surface area contributed by atoms with E-state index < -0.39 is 0 Å². The quantitative estimate of drug-likeness (QED) is 0.689. The van der Waals surface area contributed by atoms with Crippen molar-refractivity contribution in [1.29, 1.82) is 0 Å². The maximum absolute atomic E-state index is 6.03. The van der Waals surface area contributed by atoms with Gasteiger partial charge < -0.3 is 10.5 Å². The van der Waals surface area contributed by atoms with E-state index in [9.17, 15) is 0 Å². The summed E-state index contributed by atoms with van der Waals surface area (Å²) < 4.78 is 5.22. The first kappa shape index (κ1) is 13.9. The van der Waals surface area contributed by atoms with E-state index in [4.69, 9.17) is 10.5 Å². The maximum Gasteiger partial charge on any atom is 0.0590 e. The van der Waals surface area contributed by atoms with Crippen LogP contribution in [0.4, 0.5) is 0 Å². The first-order chi connectivity index (χ1) is 7.60. The highest BCUT2D eigenvalue weighted by Crippen LogP contribution is 2.43. The number of methoxy groups -OCH3 is 1. The predicted octanol–water partition coefficient (Wildman–Crippen LogP) is 1.86. The van der Waals surface area contributed by atoms with Crippen LogP contribution in [0.1, 0.15) is 40.0 Å². The fourth-order valence-electron chi connectivity index (χ4n) is 2.61. The van der Waals surface area contributed by atoms with Crippen molar-refractivity contribution in [2.24, 2.45) is 11.7 Å². The SMILES string of the molecule is CCC(C)N(CCOC)C(C)(CN)C1CC1. The zero-order valence-corrected chi connectivity index (χ0v) is 11.3. The molecule has 16 heavy (non-hydrogen) atoms. The maximum atomic E-state index is 6.03. The third-order valence-electron chi connectivity index (χ3n) is 4.19. The normalized spacial score (nSPS) is 22.1. The molecule has 0 bridgehead atoms. The van der Waals surface area contributed by atoms with Crippen LogP contribution in [0.25, 0.3) is 0 Å². The molecule has 1 rings (SSSR count). The third kappa shape index (κ3) is 2.96. The summed E-state index contributed by atoms with van der Waals surface area (Å²) in [6, 6.07) is 0.587. The van der Waals surface area contributed by atoms with E-state index >= 15 is 0 Å². The lowest BCUT2D eigenvalue weighted by Gasteiger charge is -2.44. The number of nitrogens with two attached hydrogens (primary N) is 1. The van der Waals surface area contributed by atoms with Crippen LogP contribution in [0.5, 0.6) is 0 Å². The van der Waals surface area contributed by atoms with Crippen molar-refractivity contribution in [2.75, 3.05) is 26.8 Å². The summed E-state index contributed by atoms with van der Waals surface area (Å²) in [7, 11) is 1.77. The van der Waals surface area contributed by atoms with Gasteiger partial charge in [-0.15, -0.1) is 0 Å². The average Bonchev–Trinajstić information content (AvgIpc) is 3.12. The van der Waals surface area contributed by atoms with Crippen LogP contribution in [-0.4, -0.2) is 43.3 Å². The number of ether oxygens (including phenoxy) is 1. The highest BCUT2D eigenvalue weighted by molar-refractivity contribution is 5.01. The van der Waals surface area contributed by atoms with Crippen molar-refractivity contribution in [3.05, 3.63) is 0 Å². The second kappa shape index (κ2) is 5.99. The van der Waals surface area contributed by atoms with Crippen molar-refractivity contribution >= 4 is 0 Å². The summed E-state index contributed by atoms with van der Waals surface area (Å²) in [5, 5.41) is 0. The van der Waals surface area contributed by atoms with Crippen LogP contribution in [0.2, 0.25) is 0 Å². The van der Waals surface area contributed by atoms with E-state index in [1.807, 2.05) is 0 Å². The van der Waals surface area contributed by atoms with Crippen LogP contribution in [0.3, 0.4) is 0 Å². The third-order valence-corrected chi connectivity index (χ3v) is 4.19. The minimum Gasteiger partial charge on any atom is -0.383 e. The molecule has 0 aromatic rings. The second-order valence-electron chi connectivity index (χ2n) is 5.28. The Kier molecular flexibility index (Phi) is 5.22. The van der Waals surface area contributed by atoms with Crippen LogP contribution in [0.15, 0.2) is 0 Å². The van der Waals surface area contributed by atoms with Gasteiger partial charge in [-0.3, -0.25) is 4.90 Å². The smallest absolute Gasteiger partial charge is 0.0590 e. The summed E-state index contributed by atoms with van der Waals surface area (Å²) in [5.74, 6) is 0.795. The van der Waals surface area contributed by atoms with Gasteiger partial charge in [-0.25, -0.2) is 0 Å². The van der Waals surface area contributed by atoms with Crippen molar-refractivity contribution < 1.29 is 4.74 Å². The molecule has 0 saturated heterocycles. The molecule has 1 aliphatic carbocycles. The van der Waals surface area contributed by atoms with Crippen LogP contribution in [-0.2, 0) is 4.74 Å². The number of nitrogens with zero attached hydrogens (tertiary/aromatic N) is 1. The lowest BCUT2D eigenvalue weighted by molar-refractivity contribution is 0.0242. The average molecular weight is 228 g/mol. The van der Waals surface area contributed by atoms with Gasteiger partial charge in [0.15, 0.2) is 0 Å². The van der Waals surface area contributed by atoms with Crippen molar-refractivity contribution in [3.63, 3.8) is 0 Å². The van der Waals surface area contributed by atoms with E-state index in [1.54, 1.807) is 7.11 Å². The summed E-state index contributed by atoms with van der Waals surface area (Å²) in [5.41, 5.74) is 6.21. The zero-order chi connectivity index (χ0) is 12.2. The molecular formula is C13H28N2O. The summed E-state index contributed by atoms with van der Waals surface area (Å²) in [6.45, 7) is 9.42. The molecular weight excluding hydrogens is 200 g/mol. The van der Waals surface area contributed by atoms with E-state index in [0.29, 0.717) is 6.04 Å². The Bertz CT molecular complexity index is 206. The molecule has 0 aliphatic heterocycles. The Balaban J connectivity index is 2.71. The van der Waals surface area contributed by atoms with Crippen molar-refractivity contribution in [1.82, 2.24) is 4.90 Å². The molecule has 0 spiro atoms. The molecule has 1 aliphatic rings. The highest BCUT2D eigenvalue weighted by atomic mass is 16.5. The lowest BCUT2D eigenvalue weighted by Crippen LogP contribution is -2.57. The fraction of sp³-hybridized carbons (Fsp3) is 1.00. The molecule has 3 nitrogen and oxygen atoms in total. The fourth-order valence-corrected chi connectivity index (χ4v) is 2.61. The molecule has 3 heteroatoms. The van der Waals surface area contributed by atoms with Gasteiger partial charge in [0, 0.05) is 31.8 Å².